The number of para-hydroxylation sites is 1. The highest BCUT2D eigenvalue weighted by molar-refractivity contribution is 5.90. The van der Waals surface area contributed by atoms with Gasteiger partial charge in [0.25, 0.3) is 0 Å². The Labute approximate surface area is 227 Å². The minimum absolute atomic E-state index is 0.391. The van der Waals surface area contributed by atoms with Crippen LogP contribution in [-0.4, -0.2) is 56.5 Å². The predicted octanol–water partition coefficient (Wildman–Crippen LogP) is 5.65. The van der Waals surface area contributed by atoms with Crippen LogP contribution in [0, 0.1) is 5.92 Å². The number of hydrogen-bond donors (Lipinski definition) is 2. The van der Waals surface area contributed by atoms with Crippen molar-refractivity contribution in [3.8, 4) is 17.2 Å². The molecule has 0 unspecified atom stereocenters. The van der Waals surface area contributed by atoms with Crippen molar-refractivity contribution in [2.24, 2.45) is 5.92 Å². The van der Waals surface area contributed by atoms with E-state index in [2.05, 4.69) is 27.7 Å². The second kappa shape index (κ2) is 13.5. The smallest absolute Gasteiger partial charge is 0.225 e. The Morgan fingerprint density at radius 1 is 0.868 bits per heavy atom. The average molecular weight is 522 g/mol. The lowest BCUT2D eigenvalue weighted by Crippen LogP contribution is -2.31. The summed E-state index contributed by atoms with van der Waals surface area (Å²) in [5.74, 6) is 4.74. The van der Waals surface area contributed by atoms with Crippen LogP contribution in [0.3, 0.4) is 0 Å². The molecule has 0 saturated heterocycles. The van der Waals surface area contributed by atoms with E-state index in [1.165, 1.54) is 12.8 Å². The number of ether oxygens (including phenoxy) is 3. The molecule has 3 aromatic rings. The molecule has 206 valence electrons. The van der Waals surface area contributed by atoms with Gasteiger partial charge in [-0.25, -0.2) is 4.98 Å². The lowest BCUT2D eigenvalue weighted by Gasteiger charge is -2.29. The maximum atomic E-state index is 5.95. The minimum atomic E-state index is 0.391. The summed E-state index contributed by atoms with van der Waals surface area (Å²) in [6.07, 6.45) is 4.55. The summed E-state index contributed by atoms with van der Waals surface area (Å²) in [7, 11) is 4.05. The van der Waals surface area contributed by atoms with Crippen LogP contribution in [-0.2, 0) is 6.54 Å². The first-order chi connectivity index (χ1) is 18.5. The molecule has 38 heavy (non-hydrogen) atoms. The first kappa shape index (κ1) is 27.8. The molecule has 1 aromatic heterocycles. The molecule has 0 spiro atoms. The van der Waals surface area contributed by atoms with Crippen molar-refractivity contribution >= 4 is 22.7 Å². The van der Waals surface area contributed by atoms with Crippen LogP contribution in [0.4, 0.5) is 11.8 Å². The van der Waals surface area contributed by atoms with Crippen LogP contribution in [0.1, 0.15) is 52.0 Å². The highest BCUT2D eigenvalue weighted by atomic mass is 16.5. The van der Waals surface area contributed by atoms with Crippen molar-refractivity contribution in [3.63, 3.8) is 0 Å². The summed E-state index contributed by atoms with van der Waals surface area (Å²) >= 11 is 0. The summed E-state index contributed by atoms with van der Waals surface area (Å²) in [6, 6.07) is 12.5. The van der Waals surface area contributed by atoms with Gasteiger partial charge in [-0.3, -0.25) is 0 Å². The molecule has 0 radical (unpaired) electrons. The fraction of sp³-hybridized carbons (Fsp3) is 0.533. The van der Waals surface area contributed by atoms with E-state index in [-0.39, 0.29) is 0 Å². The van der Waals surface area contributed by atoms with E-state index in [1.54, 1.807) is 0 Å². The van der Waals surface area contributed by atoms with Gasteiger partial charge >= 0.3 is 0 Å². The number of nitrogens with zero attached hydrogens (tertiary/aromatic N) is 3. The highest BCUT2D eigenvalue weighted by Gasteiger charge is 2.23. The molecule has 0 bridgehead atoms. The number of anilines is 2. The molecule has 0 aliphatic heterocycles. The van der Waals surface area contributed by atoms with E-state index in [0.29, 0.717) is 38.3 Å². The Balaban J connectivity index is 1.33. The Hall–Kier alpha value is -3.26. The standard InChI is InChI=1S/C30H43N5O3/c1-6-36-23-17-27(37-7-2)25(28(18-23)38-8-3)20-31-19-21-13-15-22(16-14-21)32-30-33-26-12-10-9-11-24(26)29(34-30)35(4)5/h9-12,17-18,21-22,31H,6-8,13-16,19-20H2,1-5H3,(H,32,33,34). The zero-order valence-corrected chi connectivity index (χ0v) is 23.5. The van der Waals surface area contributed by atoms with E-state index in [9.17, 15) is 0 Å². The summed E-state index contributed by atoms with van der Waals surface area (Å²) in [5, 5.41) is 8.36. The normalized spacial score (nSPS) is 17.3. The molecule has 0 amide bonds. The molecule has 1 fully saturated rings. The number of benzene rings is 2. The lowest BCUT2D eigenvalue weighted by molar-refractivity contribution is 0.297. The van der Waals surface area contributed by atoms with Gasteiger partial charge < -0.3 is 29.7 Å². The van der Waals surface area contributed by atoms with Gasteiger partial charge in [-0.05, 0) is 71.0 Å². The van der Waals surface area contributed by atoms with Crippen LogP contribution < -0.4 is 29.7 Å². The third kappa shape index (κ3) is 6.98. The molecule has 8 nitrogen and oxygen atoms in total. The molecule has 2 N–H and O–H groups in total. The van der Waals surface area contributed by atoms with E-state index in [1.807, 2.05) is 59.1 Å². The second-order valence-corrected chi connectivity index (χ2v) is 9.97. The molecule has 1 saturated carbocycles. The molecule has 1 aliphatic carbocycles. The molecule has 0 atom stereocenters. The fourth-order valence-electron chi connectivity index (χ4n) is 5.15. The third-order valence-electron chi connectivity index (χ3n) is 6.97. The van der Waals surface area contributed by atoms with E-state index in [0.717, 1.165) is 64.9 Å². The summed E-state index contributed by atoms with van der Waals surface area (Å²) in [6.45, 7) is 9.46. The Kier molecular flexibility index (Phi) is 9.87. The van der Waals surface area contributed by atoms with Gasteiger partial charge in [0.1, 0.15) is 23.1 Å². The second-order valence-electron chi connectivity index (χ2n) is 9.97. The summed E-state index contributed by atoms with van der Waals surface area (Å²) in [4.78, 5) is 11.7. The van der Waals surface area contributed by atoms with Crippen molar-refractivity contribution in [2.75, 3.05) is 50.7 Å². The van der Waals surface area contributed by atoms with Crippen molar-refractivity contribution in [2.45, 2.75) is 59.0 Å². The van der Waals surface area contributed by atoms with Gasteiger partial charge in [0.2, 0.25) is 5.95 Å². The molecular weight excluding hydrogens is 478 g/mol. The van der Waals surface area contributed by atoms with Gasteiger partial charge in [0.15, 0.2) is 0 Å². The van der Waals surface area contributed by atoms with Crippen LogP contribution >= 0.6 is 0 Å². The monoisotopic (exact) mass is 521 g/mol. The Morgan fingerprint density at radius 2 is 1.53 bits per heavy atom. The average Bonchev–Trinajstić information content (AvgIpc) is 2.91. The number of fused-ring (bicyclic) bond motifs is 1. The number of rotatable bonds is 13. The van der Waals surface area contributed by atoms with Gasteiger partial charge in [-0.1, -0.05) is 12.1 Å². The summed E-state index contributed by atoms with van der Waals surface area (Å²) in [5.41, 5.74) is 2.02. The van der Waals surface area contributed by atoms with Crippen molar-refractivity contribution < 1.29 is 14.2 Å². The SMILES string of the molecule is CCOc1cc(OCC)c(CNCC2CCC(Nc3nc(N(C)C)c4ccccc4n3)CC2)c(OCC)c1. The Bertz CT molecular complexity index is 1150. The van der Waals surface area contributed by atoms with Gasteiger partial charge in [0.05, 0.1) is 30.9 Å². The number of aromatic nitrogens is 2. The largest absolute Gasteiger partial charge is 0.494 e. The van der Waals surface area contributed by atoms with Crippen LogP contribution in [0.2, 0.25) is 0 Å². The molecule has 8 heteroatoms. The maximum absolute atomic E-state index is 5.95. The maximum Gasteiger partial charge on any atom is 0.225 e. The zero-order valence-electron chi connectivity index (χ0n) is 23.5. The predicted molar refractivity (Wildman–Crippen MR) is 155 cm³/mol. The minimum Gasteiger partial charge on any atom is -0.494 e. The van der Waals surface area contributed by atoms with Gasteiger partial charge in [-0.2, -0.15) is 4.98 Å². The molecule has 1 aliphatic rings. The highest BCUT2D eigenvalue weighted by Crippen LogP contribution is 2.35. The third-order valence-corrected chi connectivity index (χ3v) is 6.97. The number of nitrogens with one attached hydrogen (secondary N) is 2. The molecule has 4 rings (SSSR count). The zero-order chi connectivity index (χ0) is 26.9. The van der Waals surface area contributed by atoms with E-state index >= 15 is 0 Å². The number of hydrogen-bond acceptors (Lipinski definition) is 8. The lowest BCUT2D eigenvalue weighted by atomic mass is 9.86. The van der Waals surface area contributed by atoms with Gasteiger partial charge in [-0.15, -0.1) is 0 Å². The van der Waals surface area contributed by atoms with Crippen molar-refractivity contribution in [1.82, 2.24) is 15.3 Å². The van der Waals surface area contributed by atoms with Crippen LogP contribution in [0.5, 0.6) is 17.2 Å². The Morgan fingerprint density at radius 3 is 2.16 bits per heavy atom. The molecular formula is C30H43N5O3. The van der Waals surface area contributed by atoms with Crippen LogP contribution in [0.25, 0.3) is 10.9 Å². The first-order valence-corrected chi connectivity index (χ1v) is 14.0. The first-order valence-electron chi connectivity index (χ1n) is 14.0. The van der Waals surface area contributed by atoms with Crippen LogP contribution in [0.15, 0.2) is 36.4 Å². The van der Waals surface area contributed by atoms with Crippen molar-refractivity contribution in [3.05, 3.63) is 42.0 Å². The molecule has 2 aromatic carbocycles. The van der Waals surface area contributed by atoms with Gasteiger partial charge in [0, 0.05) is 44.2 Å². The quantitative estimate of drug-likeness (QED) is 0.299. The topological polar surface area (TPSA) is 80.8 Å². The summed E-state index contributed by atoms with van der Waals surface area (Å²) < 4.78 is 17.6. The van der Waals surface area contributed by atoms with E-state index in [4.69, 9.17) is 24.2 Å². The molecule has 1 heterocycles. The van der Waals surface area contributed by atoms with E-state index < -0.39 is 0 Å². The van der Waals surface area contributed by atoms with Crippen molar-refractivity contribution in [1.29, 1.82) is 0 Å². The fourth-order valence-corrected chi connectivity index (χ4v) is 5.15.